The van der Waals surface area contributed by atoms with Crippen molar-refractivity contribution in [3.05, 3.63) is 24.0 Å². The van der Waals surface area contributed by atoms with E-state index in [0.717, 1.165) is 22.2 Å². The highest BCUT2D eigenvalue weighted by Crippen LogP contribution is 2.34. The normalized spacial score (nSPS) is 12.2. The Hall–Kier alpha value is -2.38. The molecule has 3 N–H and O–H groups in total. The van der Waals surface area contributed by atoms with E-state index in [0.29, 0.717) is 43.3 Å². The van der Waals surface area contributed by atoms with E-state index in [1.54, 1.807) is 13.8 Å². The van der Waals surface area contributed by atoms with Gasteiger partial charge in [-0.05, 0) is 32.9 Å². The number of fused-ring (bicyclic) bond motifs is 3. The molecule has 0 radical (unpaired) electrons. The summed E-state index contributed by atoms with van der Waals surface area (Å²) in [6.07, 6.45) is 0.524. The molecule has 26 heavy (non-hydrogen) atoms. The number of aromatic nitrogens is 3. The topological polar surface area (TPSA) is 95.4 Å². The zero-order valence-electron chi connectivity index (χ0n) is 15.7. The molecule has 0 saturated carbocycles. The second-order valence-electron chi connectivity index (χ2n) is 6.98. The maximum absolute atomic E-state index is 9.91. The van der Waals surface area contributed by atoms with E-state index in [9.17, 15) is 5.11 Å². The molecular formula is C19H26N4O3. The molecule has 2 aromatic heterocycles. The van der Waals surface area contributed by atoms with Gasteiger partial charge in [-0.1, -0.05) is 6.07 Å². The molecule has 0 aliphatic rings. The number of hydrogen-bond donors (Lipinski definition) is 2. The van der Waals surface area contributed by atoms with Gasteiger partial charge in [0.05, 0.1) is 28.6 Å². The molecule has 3 aromatic rings. The quantitative estimate of drug-likeness (QED) is 0.674. The van der Waals surface area contributed by atoms with Crippen molar-refractivity contribution in [2.45, 2.75) is 39.4 Å². The molecule has 0 aliphatic carbocycles. The van der Waals surface area contributed by atoms with E-state index < -0.39 is 5.60 Å². The third-order valence-electron chi connectivity index (χ3n) is 4.32. The van der Waals surface area contributed by atoms with Crippen molar-refractivity contribution >= 4 is 27.8 Å². The van der Waals surface area contributed by atoms with Crippen molar-refractivity contribution in [2.75, 3.05) is 18.9 Å². The van der Waals surface area contributed by atoms with Gasteiger partial charge in [0.1, 0.15) is 23.7 Å². The van der Waals surface area contributed by atoms with Crippen molar-refractivity contribution in [1.29, 1.82) is 0 Å². The van der Waals surface area contributed by atoms with Gasteiger partial charge in [-0.15, -0.1) is 0 Å². The predicted octanol–water partition coefficient (Wildman–Crippen LogP) is 2.78. The Morgan fingerprint density at radius 2 is 2.04 bits per heavy atom. The first-order chi connectivity index (χ1) is 12.3. The lowest BCUT2D eigenvalue weighted by Crippen LogP contribution is -2.21. The Bertz CT molecular complexity index is 928. The Morgan fingerprint density at radius 1 is 1.27 bits per heavy atom. The van der Waals surface area contributed by atoms with Crippen LogP contribution in [-0.4, -0.2) is 38.5 Å². The number of rotatable bonds is 7. The fourth-order valence-electron chi connectivity index (χ4n) is 2.90. The van der Waals surface area contributed by atoms with Crippen molar-refractivity contribution in [1.82, 2.24) is 14.5 Å². The van der Waals surface area contributed by atoms with Crippen LogP contribution in [0.3, 0.4) is 0 Å². The van der Waals surface area contributed by atoms with E-state index in [1.807, 2.05) is 36.7 Å². The van der Waals surface area contributed by atoms with Crippen LogP contribution in [0.25, 0.3) is 21.9 Å². The van der Waals surface area contributed by atoms with Crippen LogP contribution < -0.4 is 10.5 Å². The lowest BCUT2D eigenvalue weighted by atomic mass is 10.1. The summed E-state index contributed by atoms with van der Waals surface area (Å²) < 4.78 is 13.5. The summed E-state index contributed by atoms with van der Waals surface area (Å²) >= 11 is 0. The molecular weight excluding hydrogens is 332 g/mol. The van der Waals surface area contributed by atoms with Crippen molar-refractivity contribution in [3.63, 3.8) is 0 Å². The van der Waals surface area contributed by atoms with E-state index in [2.05, 4.69) is 9.97 Å². The molecule has 3 rings (SSSR count). The standard InChI is InChI=1S/C19H26N4O3/c1-5-25-11-14-22-16-17(23(14)4)15-12(21-18(16)20)7-6-8-13(15)26-10-9-19(2,3)24/h6-8,24H,5,9-11H2,1-4H3,(H2,20,21). The summed E-state index contributed by atoms with van der Waals surface area (Å²) in [4.78, 5) is 9.10. The maximum atomic E-state index is 9.91. The molecule has 0 fully saturated rings. The molecule has 0 unspecified atom stereocenters. The molecule has 0 spiro atoms. The minimum atomic E-state index is -0.778. The van der Waals surface area contributed by atoms with E-state index >= 15 is 0 Å². The molecule has 0 aliphatic heterocycles. The fourth-order valence-corrected chi connectivity index (χ4v) is 2.90. The highest BCUT2D eigenvalue weighted by Gasteiger charge is 2.19. The Kier molecular flexibility index (Phi) is 5.02. The predicted molar refractivity (Wildman–Crippen MR) is 102 cm³/mol. The number of nitrogens with two attached hydrogens (primary N) is 1. The molecule has 7 nitrogen and oxygen atoms in total. The maximum Gasteiger partial charge on any atom is 0.152 e. The fraction of sp³-hybridized carbons (Fsp3) is 0.474. The van der Waals surface area contributed by atoms with Crippen LogP contribution in [0.15, 0.2) is 18.2 Å². The summed E-state index contributed by atoms with van der Waals surface area (Å²) in [5.74, 6) is 1.88. The number of aliphatic hydroxyl groups is 1. The zero-order valence-corrected chi connectivity index (χ0v) is 15.7. The Balaban J connectivity index is 2.11. The number of benzene rings is 1. The molecule has 0 saturated heterocycles. The van der Waals surface area contributed by atoms with Gasteiger partial charge in [0.25, 0.3) is 0 Å². The van der Waals surface area contributed by atoms with Gasteiger partial charge < -0.3 is 24.9 Å². The summed E-state index contributed by atoms with van der Waals surface area (Å²) in [7, 11) is 1.94. The van der Waals surface area contributed by atoms with Crippen LogP contribution in [-0.2, 0) is 18.4 Å². The van der Waals surface area contributed by atoms with Gasteiger partial charge in [-0.2, -0.15) is 0 Å². The van der Waals surface area contributed by atoms with Crippen LogP contribution in [0.1, 0.15) is 33.0 Å². The first-order valence-electron chi connectivity index (χ1n) is 8.78. The average molecular weight is 358 g/mol. The van der Waals surface area contributed by atoms with Crippen LogP contribution >= 0.6 is 0 Å². The number of nitrogen functional groups attached to an aromatic ring is 1. The number of pyridine rings is 1. The molecule has 0 amide bonds. The Labute approximate surface area is 152 Å². The van der Waals surface area contributed by atoms with Crippen molar-refractivity contribution in [2.24, 2.45) is 7.05 Å². The highest BCUT2D eigenvalue weighted by molar-refractivity contribution is 6.09. The largest absolute Gasteiger partial charge is 0.493 e. The second-order valence-corrected chi connectivity index (χ2v) is 6.98. The van der Waals surface area contributed by atoms with E-state index in [1.165, 1.54) is 0 Å². The number of aryl methyl sites for hydroxylation is 1. The highest BCUT2D eigenvalue weighted by atomic mass is 16.5. The molecule has 0 atom stereocenters. The van der Waals surface area contributed by atoms with Gasteiger partial charge in [-0.25, -0.2) is 9.97 Å². The molecule has 140 valence electrons. The smallest absolute Gasteiger partial charge is 0.152 e. The summed E-state index contributed by atoms with van der Waals surface area (Å²) in [5.41, 5.74) is 7.63. The third-order valence-corrected chi connectivity index (χ3v) is 4.32. The zero-order chi connectivity index (χ0) is 18.9. The van der Waals surface area contributed by atoms with Crippen molar-refractivity contribution in [3.8, 4) is 5.75 Å². The minimum absolute atomic E-state index is 0.388. The van der Waals surface area contributed by atoms with Crippen LogP contribution in [0.2, 0.25) is 0 Å². The van der Waals surface area contributed by atoms with Crippen LogP contribution in [0, 0.1) is 0 Å². The first-order valence-corrected chi connectivity index (χ1v) is 8.78. The minimum Gasteiger partial charge on any atom is -0.493 e. The van der Waals surface area contributed by atoms with Gasteiger partial charge in [-0.3, -0.25) is 0 Å². The SMILES string of the molecule is CCOCc1nc2c(N)nc3cccc(OCCC(C)(C)O)c3c2n1C. The lowest BCUT2D eigenvalue weighted by Gasteiger charge is -2.18. The third kappa shape index (κ3) is 3.59. The van der Waals surface area contributed by atoms with Gasteiger partial charge >= 0.3 is 0 Å². The van der Waals surface area contributed by atoms with Crippen molar-refractivity contribution < 1.29 is 14.6 Å². The summed E-state index contributed by atoms with van der Waals surface area (Å²) in [6.45, 7) is 6.90. The number of hydrogen-bond acceptors (Lipinski definition) is 6. The number of ether oxygens (including phenoxy) is 2. The summed E-state index contributed by atoms with van der Waals surface area (Å²) in [6, 6.07) is 5.69. The van der Waals surface area contributed by atoms with Gasteiger partial charge in [0, 0.05) is 20.1 Å². The van der Waals surface area contributed by atoms with Crippen LogP contribution in [0.5, 0.6) is 5.75 Å². The molecule has 0 bridgehead atoms. The van der Waals surface area contributed by atoms with Gasteiger partial charge in [0.15, 0.2) is 5.82 Å². The number of nitrogens with zero attached hydrogens (tertiary/aromatic N) is 3. The number of imidazole rings is 1. The lowest BCUT2D eigenvalue weighted by molar-refractivity contribution is 0.0555. The number of anilines is 1. The van der Waals surface area contributed by atoms with E-state index in [4.69, 9.17) is 15.2 Å². The monoisotopic (exact) mass is 358 g/mol. The first kappa shape index (κ1) is 18.4. The Morgan fingerprint density at radius 3 is 2.73 bits per heavy atom. The summed E-state index contributed by atoms with van der Waals surface area (Å²) in [5, 5.41) is 10.8. The van der Waals surface area contributed by atoms with E-state index in [-0.39, 0.29) is 0 Å². The second kappa shape index (κ2) is 7.09. The molecule has 7 heteroatoms. The molecule has 2 heterocycles. The van der Waals surface area contributed by atoms with Crippen LogP contribution in [0.4, 0.5) is 5.82 Å². The molecule has 1 aromatic carbocycles. The average Bonchev–Trinajstić information content (AvgIpc) is 2.89. The van der Waals surface area contributed by atoms with Gasteiger partial charge in [0.2, 0.25) is 0 Å².